The number of nitrogens with zero attached hydrogens (tertiary/aromatic N) is 3. The van der Waals surface area contributed by atoms with Gasteiger partial charge in [-0.05, 0) is 30.5 Å². The van der Waals surface area contributed by atoms with Crippen molar-refractivity contribution in [3.8, 4) is 0 Å². The Morgan fingerprint density at radius 1 is 1.07 bits per heavy atom. The van der Waals surface area contributed by atoms with Crippen molar-refractivity contribution in [2.24, 2.45) is 18.0 Å². The van der Waals surface area contributed by atoms with Gasteiger partial charge in [-0.2, -0.15) is 4.99 Å². The maximum absolute atomic E-state index is 12.7. The van der Waals surface area contributed by atoms with E-state index < -0.39 is 10.0 Å². The van der Waals surface area contributed by atoms with Crippen LogP contribution in [0.15, 0.2) is 59.6 Å². The van der Waals surface area contributed by atoms with Crippen molar-refractivity contribution in [1.82, 2.24) is 8.87 Å². The third-order valence-electron chi connectivity index (χ3n) is 5.31. The van der Waals surface area contributed by atoms with Crippen LogP contribution in [0.25, 0.3) is 10.2 Å². The number of para-hydroxylation sites is 1. The van der Waals surface area contributed by atoms with Gasteiger partial charge in [0.15, 0.2) is 4.80 Å². The molecule has 1 amide bonds. The zero-order chi connectivity index (χ0) is 20.4. The molecule has 0 unspecified atom stereocenters. The lowest BCUT2D eigenvalue weighted by molar-refractivity contribution is -0.122. The molecule has 1 saturated heterocycles. The second-order valence-corrected chi connectivity index (χ2v) is 10.3. The molecule has 2 aromatic carbocycles. The van der Waals surface area contributed by atoms with Crippen LogP contribution in [-0.2, 0) is 27.6 Å². The summed E-state index contributed by atoms with van der Waals surface area (Å²) in [7, 11) is -1.47. The quantitative estimate of drug-likeness (QED) is 0.640. The molecule has 0 radical (unpaired) electrons. The first-order chi connectivity index (χ1) is 13.9. The number of thiazole rings is 1. The number of rotatable bonds is 4. The molecule has 0 bridgehead atoms. The van der Waals surface area contributed by atoms with Gasteiger partial charge in [-0.1, -0.05) is 53.8 Å². The second-order valence-electron chi connectivity index (χ2n) is 7.28. The van der Waals surface area contributed by atoms with Crippen molar-refractivity contribution in [1.29, 1.82) is 0 Å². The molecule has 152 valence electrons. The molecule has 3 aromatic rings. The average molecular weight is 430 g/mol. The standard InChI is InChI=1S/C21H23N3O3S2/c1-23-18-9-5-6-10-19(18)28-21(23)22-20(25)17-11-13-24(14-12-17)29(26,27)15-16-7-3-2-4-8-16/h2-10,17H,11-15H2,1H3. The lowest BCUT2D eigenvalue weighted by Crippen LogP contribution is -2.40. The summed E-state index contributed by atoms with van der Waals surface area (Å²) in [5.41, 5.74) is 1.82. The van der Waals surface area contributed by atoms with E-state index >= 15 is 0 Å². The van der Waals surface area contributed by atoms with Crippen LogP contribution >= 0.6 is 11.3 Å². The van der Waals surface area contributed by atoms with Gasteiger partial charge >= 0.3 is 0 Å². The Balaban J connectivity index is 1.44. The van der Waals surface area contributed by atoms with Crippen molar-refractivity contribution >= 4 is 37.5 Å². The molecule has 0 saturated carbocycles. The number of hydrogen-bond acceptors (Lipinski definition) is 4. The van der Waals surface area contributed by atoms with Crippen LogP contribution in [0.3, 0.4) is 0 Å². The maximum atomic E-state index is 12.7. The Kier molecular flexibility index (Phi) is 5.67. The Morgan fingerprint density at radius 2 is 1.72 bits per heavy atom. The summed E-state index contributed by atoms with van der Waals surface area (Å²) in [5, 5.41) is 0. The van der Waals surface area contributed by atoms with E-state index in [0.717, 1.165) is 15.8 Å². The zero-order valence-electron chi connectivity index (χ0n) is 16.2. The fourth-order valence-corrected chi connectivity index (χ4v) is 6.22. The van der Waals surface area contributed by atoms with E-state index in [0.29, 0.717) is 30.7 Å². The van der Waals surface area contributed by atoms with Crippen molar-refractivity contribution in [3.05, 3.63) is 65.0 Å². The van der Waals surface area contributed by atoms with E-state index in [1.807, 2.05) is 66.2 Å². The number of sulfonamides is 1. The number of hydrogen-bond donors (Lipinski definition) is 0. The highest BCUT2D eigenvalue weighted by atomic mass is 32.2. The third kappa shape index (κ3) is 4.34. The predicted octanol–water partition coefficient (Wildman–Crippen LogP) is 2.91. The number of benzene rings is 2. The first-order valence-corrected chi connectivity index (χ1v) is 12.0. The fraction of sp³-hybridized carbons (Fsp3) is 0.333. The highest BCUT2D eigenvalue weighted by molar-refractivity contribution is 7.88. The highest BCUT2D eigenvalue weighted by Gasteiger charge is 2.31. The molecule has 6 nitrogen and oxygen atoms in total. The second kappa shape index (κ2) is 8.22. The lowest BCUT2D eigenvalue weighted by Gasteiger charge is -2.29. The third-order valence-corrected chi connectivity index (χ3v) is 8.27. The number of amides is 1. The molecule has 4 rings (SSSR count). The van der Waals surface area contributed by atoms with Crippen LogP contribution in [0.5, 0.6) is 0 Å². The van der Waals surface area contributed by atoms with Crippen molar-refractivity contribution in [3.63, 3.8) is 0 Å². The van der Waals surface area contributed by atoms with Gasteiger partial charge < -0.3 is 4.57 Å². The van der Waals surface area contributed by atoms with Gasteiger partial charge in [-0.15, -0.1) is 0 Å². The number of carbonyl (C=O) groups is 1. The molecule has 8 heteroatoms. The van der Waals surface area contributed by atoms with Crippen LogP contribution in [0, 0.1) is 5.92 Å². The Bertz CT molecular complexity index is 1190. The molecule has 2 heterocycles. The first kappa shape index (κ1) is 20.0. The maximum Gasteiger partial charge on any atom is 0.251 e. The van der Waals surface area contributed by atoms with Crippen LogP contribution in [0.4, 0.5) is 0 Å². The Labute approximate surface area is 174 Å². The fourth-order valence-electron chi connectivity index (χ4n) is 3.63. The summed E-state index contributed by atoms with van der Waals surface area (Å²) >= 11 is 1.49. The van der Waals surface area contributed by atoms with Crippen LogP contribution in [0.1, 0.15) is 18.4 Å². The molecule has 1 aromatic heterocycles. The summed E-state index contributed by atoms with van der Waals surface area (Å²) in [6.07, 6.45) is 1.01. The number of piperidine rings is 1. The van der Waals surface area contributed by atoms with E-state index in [2.05, 4.69) is 4.99 Å². The zero-order valence-corrected chi connectivity index (χ0v) is 17.8. The molecule has 29 heavy (non-hydrogen) atoms. The molecule has 1 aliphatic heterocycles. The molecule has 0 N–H and O–H groups in total. The van der Waals surface area contributed by atoms with Crippen LogP contribution in [0.2, 0.25) is 0 Å². The van der Waals surface area contributed by atoms with Crippen molar-refractivity contribution in [2.45, 2.75) is 18.6 Å². The smallest absolute Gasteiger partial charge is 0.251 e. The van der Waals surface area contributed by atoms with Crippen molar-refractivity contribution < 1.29 is 13.2 Å². The summed E-state index contributed by atoms with van der Waals surface area (Å²) in [6, 6.07) is 17.1. The average Bonchev–Trinajstić information content (AvgIpc) is 3.04. The summed E-state index contributed by atoms with van der Waals surface area (Å²) in [6.45, 7) is 0.721. The van der Waals surface area contributed by atoms with E-state index in [1.54, 1.807) is 0 Å². The minimum Gasteiger partial charge on any atom is -0.319 e. The van der Waals surface area contributed by atoms with E-state index in [9.17, 15) is 13.2 Å². The van der Waals surface area contributed by atoms with Gasteiger partial charge in [0, 0.05) is 26.1 Å². The SMILES string of the molecule is Cn1c(=NC(=O)C2CCN(S(=O)(=O)Cc3ccccc3)CC2)sc2ccccc21. The van der Waals surface area contributed by atoms with Gasteiger partial charge in [-0.3, -0.25) is 4.79 Å². The van der Waals surface area contributed by atoms with Gasteiger partial charge in [0.1, 0.15) is 0 Å². The number of carbonyl (C=O) groups excluding carboxylic acids is 1. The van der Waals surface area contributed by atoms with E-state index in [1.165, 1.54) is 15.6 Å². The summed E-state index contributed by atoms with van der Waals surface area (Å²) < 4.78 is 29.9. The van der Waals surface area contributed by atoms with Crippen LogP contribution in [-0.4, -0.2) is 36.3 Å². The number of fused-ring (bicyclic) bond motifs is 1. The van der Waals surface area contributed by atoms with Crippen molar-refractivity contribution in [2.75, 3.05) is 13.1 Å². The van der Waals surface area contributed by atoms with E-state index in [4.69, 9.17) is 0 Å². The number of aromatic nitrogens is 1. The molecular formula is C21H23N3O3S2. The Hall–Kier alpha value is -2.29. The highest BCUT2D eigenvalue weighted by Crippen LogP contribution is 2.23. The molecule has 1 aliphatic rings. The summed E-state index contributed by atoms with van der Waals surface area (Å²) in [4.78, 5) is 17.7. The van der Waals surface area contributed by atoms with Gasteiger partial charge in [0.05, 0.1) is 16.0 Å². The predicted molar refractivity (Wildman–Crippen MR) is 115 cm³/mol. The van der Waals surface area contributed by atoms with Gasteiger partial charge in [0.25, 0.3) is 5.91 Å². The molecular weight excluding hydrogens is 406 g/mol. The topological polar surface area (TPSA) is 71.7 Å². The minimum atomic E-state index is -3.38. The minimum absolute atomic E-state index is 0.00551. The van der Waals surface area contributed by atoms with Gasteiger partial charge in [0.2, 0.25) is 10.0 Å². The van der Waals surface area contributed by atoms with Crippen LogP contribution < -0.4 is 4.80 Å². The monoisotopic (exact) mass is 429 g/mol. The Morgan fingerprint density at radius 3 is 2.41 bits per heavy atom. The molecule has 0 aliphatic carbocycles. The first-order valence-electron chi connectivity index (χ1n) is 9.59. The lowest BCUT2D eigenvalue weighted by atomic mass is 9.98. The molecule has 0 spiro atoms. The summed E-state index contributed by atoms with van der Waals surface area (Å²) in [5.74, 6) is -0.398. The van der Waals surface area contributed by atoms with E-state index in [-0.39, 0.29) is 17.6 Å². The number of aryl methyl sites for hydroxylation is 1. The molecule has 1 fully saturated rings. The largest absolute Gasteiger partial charge is 0.319 e. The molecule has 0 atom stereocenters. The normalized spacial score (nSPS) is 17.1. The van der Waals surface area contributed by atoms with Gasteiger partial charge in [-0.25, -0.2) is 12.7 Å².